The molecule has 2 N–H and O–H groups in total. The van der Waals surface area contributed by atoms with E-state index in [1.54, 1.807) is 24.3 Å². The zero-order valence-electron chi connectivity index (χ0n) is 13.5. The molecule has 0 aliphatic rings. The number of aromatic nitrogens is 2. The third-order valence-electron chi connectivity index (χ3n) is 3.71. The number of rotatable bonds is 4. The maximum absolute atomic E-state index is 13.6. The molecule has 0 spiro atoms. The molecule has 0 atom stereocenters. The van der Waals surface area contributed by atoms with Crippen molar-refractivity contribution < 1.29 is 22.8 Å². The minimum Gasteiger partial charge on any atom is -0.331 e. The molecule has 2 amide bonds. The number of fused-ring (bicyclic) bond motifs is 1. The first-order valence-corrected chi connectivity index (χ1v) is 7.50. The van der Waals surface area contributed by atoms with E-state index in [1.165, 1.54) is 7.05 Å². The van der Waals surface area contributed by atoms with Crippen molar-refractivity contribution in [2.24, 2.45) is 0 Å². The molecule has 9 heteroatoms. The van der Waals surface area contributed by atoms with Gasteiger partial charge in [0.2, 0.25) is 5.91 Å². The predicted molar refractivity (Wildman–Crippen MR) is 88.0 cm³/mol. The number of carbonyl (C=O) groups excluding carboxylic acids is 2. The summed E-state index contributed by atoms with van der Waals surface area (Å²) in [6, 6.07) is 8.57. The van der Waals surface area contributed by atoms with E-state index in [1.807, 2.05) is 0 Å². The van der Waals surface area contributed by atoms with E-state index in [0.29, 0.717) is 17.0 Å². The summed E-state index contributed by atoms with van der Waals surface area (Å²) in [4.78, 5) is 25.5. The van der Waals surface area contributed by atoms with Crippen molar-refractivity contribution in [3.63, 3.8) is 0 Å². The molecule has 0 fully saturated rings. The van der Waals surface area contributed by atoms with Crippen LogP contribution in [0.2, 0.25) is 0 Å². The van der Waals surface area contributed by atoms with Gasteiger partial charge in [0.25, 0.3) is 5.91 Å². The summed E-state index contributed by atoms with van der Waals surface area (Å²) in [7, 11) is 1.37. The molecule has 0 bridgehead atoms. The lowest BCUT2D eigenvalue weighted by molar-refractivity contribution is -0.116. The van der Waals surface area contributed by atoms with E-state index in [0.717, 1.165) is 11.0 Å². The largest absolute Gasteiger partial charge is 0.331 e. The SMILES string of the molecule is CN(CC(=O)Nc1ccc(F)c(F)c1F)C(=O)c1n[nH]c2ccccc12. The lowest BCUT2D eigenvalue weighted by Crippen LogP contribution is -2.35. The Kier molecular flexibility index (Phi) is 4.61. The lowest BCUT2D eigenvalue weighted by Gasteiger charge is -2.16. The number of H-pyrrole nitrogens is 1. The topological polar surface area (TPSA) is 78.1 Å². The highest BCUT2D eigenvalue weighted by Gasteiger charge is 2.21. The van der Waals surface area contributed by atoms with Crippen molar-refractivity contribution in [1.29, 1.82) is 0 Å². The standard InChI is InChI=1S/C17H13F3N4O2/c1-24(17(26)16-9-4-2-3-5-11(9)22-23-16)8-13(25)21-12-7-6-10(18)14(19)15(12)20/h2-7H,8H2,1H3,(H,21,25)(H,22,23). The quantitative estimate of drug-likeness (QED) is 0.701. The van der Waals surface area contributed by atoms with Crippen LogP contribution in [0.5, 0.6) is 0 Å². The van der Waals surface area contributed by atoms with Gasteiger partial charge in [0.1, 0.15) is 0 Å². The highest BCUT2D eigenvalue weighted by atomic mass is 19.2. The van der Waals surface area contributed by atoms with Gasteiger partial charge >= 0.3 is 0 Å². The van der Waals surface area contributed by atoms with Gasteiger partial charge in [-0.1, -0.05) is 18.2 Å². The second-order valence-corrected chi connectivity index (χ2v) is 5.55. The van der Waals surface area contributed by atoms with E-state index < -0.39 is 41.5 Å². The maximum atomic E-state index is 13.6. The predicted octanol–water partition coefficient (Wildman–Crippen LogP) is 2.69. The first kappa shape index (κ1) is 17.5. The summed E-state index contributed by atoms with van der Waals surface area (Å²) >= 11 is 0. The number of hydrogen-bond acceptors (Lipinski definition) is 3. The van der Waals surface area contributed by atoms with Crippen molar-refractivity contribution >= 4 is 28.4 Å². The van der Waals surface area contributed by atoms with Gasteiger partial charge in [-0.25, -0.2) is 13.2 Å². The molecule has 0 aliphatic carbocycles. The summed E-state index contributed by atoms with van der Waals surface area (Å²) in [5.41, 5.74) is 0.285. The van der Waals surface area contributed by atoms with Gasteiger partial charge in [0.05, 0.1) is 17.7 Å². The van der Waals surface area contributed by atoms with Crippen molar-refractivity contribution in [3.05, 3.63) is 59.5 Å². The number of likely N-dealkylation sites (N-methyl/N-ethyl adjacent to an activating group) is 1. The third-order valence-corrected chi connectivity index (χ3v) is 3.71. The number of amides is 2. The highest BCUT2D eigenvalue weighted by Crippen LogP contribution is 2.20. The maximum Gasteiger partial charge on any atom is 0.275 e. The van der Waals surface area contributed by atoms with E-state index in [9.17, 15) is 22.8 Å². The molecule has 1 aromatic heterocycles. The summed E-state index contributed by atoms with van der Waals surface area (Å²) < 4.78 is 39.7. The normalized spacial score (nSPS) is 10.8. The monoisotopic (exact) mass is 362 g/mol. The van der Waals surface area contributed by atoms with Gasteiger partial charge in [0, 0.05) is 12.4 Å². The van der Waals surface area contributed by atoms with Crippen molar-refractivity contribution in [3.8, 4) is 0 Å². The van der Waals surface area contributed by atoms with E-state index in [-0.39, 0.29) is 5.69 Å². The van der Waals surface area contributed by atoms with Gasteiger partial charge in [-0.05, 0) is 18.2 Å². The van der Waals surface area contributed by atoms with E-state index in [4.69, 9.17) is 0 Å². The fourth-order valence-electron chi connectivity index (χ4n) is 2.41. The molecule has 0 saturated carbocycles. The Balaban J connectivity index is 1.71. The molecule has 1 heterocycles. The first-order chi connectivity index (χ1) is 12.4. The number of aromatic amines is 1. The second-order valence-electron chi connectivity index (χ2n) is 5.55. The average molecular weight is 362 g/mol. The van der Waals surface area contributed by atoms with Gasteiger partial charge in [-0.3, -0.25) is 14.7 Å². The van der Waals surface area contributed by atoms with E-state index in [2.05, 4.69) is 15.5 Å². The van der Waals surface area contributed by atoms with E-state index >= 15 is 0 Å². The molecule has 6 nitrogen and oxygen atoms in total. The number of para-hydroxylation sites is 1. The van der Waals surface area contributed by atoms with Crippen LogP contribution >= 0.6 is 0 Å². The number of carbonyl (C=O) groups is 2. The number of nitrogens with one attached hydrogen (secondary N) is 2. The molecular weight excluding hydrogens is 349 g/mol. The summed E-state index contributed by atoms with van der Waals surface area (Å²) in [5.74, 6) is -5.85. The summed E-state index contributed by atoms with van der Waals surface area (Å²) in [6.45, 7) is -0.432. The minimum atomic E-state index is -1.68. The Morgan fingerprint density at radius 2 is 1.85 bits per heavy atom. The smallest absolute Gasteiger partial charge is 0.275 e. The van der Waals surface area contributed by atoms with Crippen LogP contribution < -0.4 is 5.32 Å². The molecule has 0 saturated heterocycles. The van der Waals surface area contributed by atoms with Crippen LogP contribution in [0.1, 0.15) is 10.5 Å². The summed E-state index contributed by atoms with van der Waals surface area (Å²) in [5, 5.41) is 9.35. The zero-order valence-corrected chi connectivity index (χ0v) is 13.5. The summed E-state index contributed by atoms with van der Waals surface area (Å²) in [6.07, 6.45) is 0. The molecule has 134 valence electrons. The number of anilines is 1. The lowest BCUT2D eigenvalue weighted by atomic mass is 10.2. The van der Waals surface area contributed by atoms with Crippen LogP contribution in [-0.2, 0) is 4.79 Å². The van der Waals surface area contributed by atoms with Gasteiger partial charge in [-0.2, -0.15) is 5.10 Å². The average Bonchev–Trinajstić information content (AvgIpc) is 3.05. The third kappa shape index (κ3) is 3.23. The molecule has 0 radical (unpaired) electrons. The highest BCUT2D eigenvalue weighted by molar-refractivity contribution is 6.06. The zero-order chi connectivity index (χ0) is 18.8. The van der Waals surface area contributed by atoms with Crippen LogP contribution in [0.4, 0.5) is 18.9 Å². The van der Waals surface area contributed by atoms with Crippen LogP contribution in [-0.4, -0.2) is 40.5 Å². The van der Waals surface area contributed by atoms with Crippen LogP contribution in [0.3, 0.4) is 0 Å². The Morgan fingerprint density at radius 3 is 2.62 bits per heavy atom. The van der Waals surface area contributed by atoms with Crippen LogP contribution in [0, 0.1) is 17.5 Å². The van der Waals surface area contributed by atoms with Crippen molar-refractivity contribution in [1.82, 2.24) is 15.1 Å². The number of nitrogens with zero attached hydrogens (tertiary/aromatic N) is 2. The minimum absolute atomic E-state index is 0.134. The fourth-order valence-corrected chi connectivity index (χ4v) is 2.41. The Hall–Kier alpha value is -3.36. The molecule has 3 aromatic rings. The second kappa shape index (κ2) is 6.87. The molecule has 3 rings (SSSR count). The molecule has 26 heavy (non-hydrogen) atoms. The van der Waals surface area contributed by atoms with Gasteiger partial charge < -0.3 is 10.2 Å². The van der Waals surface area contributed by atoms with Crippen LogP contribution in [0.15, 0.2) is 36.4 Å². The molecular formula is C17H13F3N4O2. The number of hydrogen-bond donors (Lipinski definition) is 2. The van der Waals surface area contributed by atoms with Gasteiger partial charge in [0.15, 0.2) is 23.1 Å². The van der Waals surface area contributed by atoms with Crippen molar-refractivity contribution in [2.75, 3.05) is 18.9 Å². The van der Waals surface area contributed by atoms with Gasteiger partial charge in [-0.15, -0.1) is 0 Å². The van der Waals surface area contributed by atoms with Crippen LogP contribution in [0.25, 0.3) is 10.9 Å². The van der Waals surface area contributed by atoms with Crippen molar-refractivity contribution in [2.45, 2.75) is 0 Å². The Bertz CT molecular complexity index is 1000. The molecule has 2 aromatic carbocycles. The number of benzene rings is 2. The first-order valence-electron chi connectivity index (χ1n) is 7.50. The number of halogens is 3. The molecule has 0 aliphatic heterocycles. The Morgan fingerprint density at radius 1 is 1.12 bits per heavy atom. The molecule has 0 unspecified atom stereocenters. The Labute approximate surface area is 145 Å². The fraction of sp³-hybridized carbons (Fsp3) is 0.118.